The Balaban J connectivity index is 1.66. The molecule has 2 aromatic rings. The van der Waals surface area contributed by atoms with E-state index in [2.05, 4.69) is 24.1 Å². The molecule has 0 radical (unpaired) electrons. The number of ether oxygens (including phenoxy) is 2. The van der Waals surface area contributed by atoms with Gasteiger partial charge in [-0.05, 0) is 30.8 Å². The van der Waals surface area contributed by atoms with Gasteiger partial charge in [-0.3, -0.25) is 9.59 Å². The molecule has 1 aliphatic rings. The van der Waals surface area contributed by atoms with E-state index in [1.54, 1.807) is 25.3 Å². The smallest absolute Gasteiger partial charge is 0.223 e. The lowest BCUT2D eigenvalue weighted by molar-refractivity contribution is -0.136. The molecule has 1 amide bonds. The first kappa shape index (κ1) is 20.9. The Labute approximate surface area is 172 Å². The van der Waals surface area contributed by atoms with E-state index < -0.39 is 0 Å². The Morgan fingerprint density at radius 2 is 1.69 bits per heavy atom. The Hall–Kier alpha value is -2.86. The van der Waals surface area contributed by atoms with Crippen molar-refractivity contribution in [2.75, 3.05) is 40.9 Å². The molecule has 0 N–H and O–H groups in total. The Morgan fingerprint density at radius 3 is 2.38 bits per heavy atom. The molecule has 154 valence electrons. The maximum atomic E-state index is 13.0. The van der Waals surface area contributed by atoms with Crippen molar-refractivity contribution < 1.29 is 19.1 Å². The third-order valence-corrected chi connectivity index (χ3v) is 5.36. The third-order valence-electron chi connectivity index (χ3n) is 5.36. The maximum absolute atomic E-state index is 13.0. The van der Waals surface area contributed by atoms with Crippen molar-refractivity contribution in [3.8, 4) is 11.5 Å². The predicted octanol–water partition coefficient (Wildman–Crippen LogP) is 3.18. The molecule has 0 unspecified atom stereocenters. The van der Waals surface area contributed by atoms with Gasteiger partial charge < -0.3 is 19.3 Å². The number of rotatable bonds is 7. The van der Waals surface area contributed by atoms with Crippen LogP contribution in [0.1, 0.15) is 34.8 Å². The van der Waals surface area contributed by atoms with E-state index >= 15 is 0 Å². The number of carbonyl (C=O) groups is 2. The van der Waals surface area contributed by atoms with Crippen molar-refractivity contribution in [3.05, 3.63) is 59.7 Å². The number of hydrogen-bond donors (Lipinski definition) is 0. The fourth-order valence-corrected chi connectivity index (χ4v) is 3.70. The molecule has 1 atom stereocenters. The molecule has 1 fully saturated rings. The SMILES string of the molecule is COc1ccc(C(=O)CCC(=O)N2CCN(C)C[C@@H]2c2ccccc2)cc1OC. The Bertz CT molecular complexity index is 853. The van der Waals surface area contributed by atoms with Gasteiger partial charge in [-0.1, -0.05) is 30.3 Å². The summed E-state index contributed by atoms with van der Waals surface area (Å²) in [7, 11) is 5.16. The summed E-state index contributed by atoms with van der Waals surface area (Å²) in [5.41, 5.74) is 1.65. The van der Waals surface area contributed by atoms with Gasteiger partial charge in [0.1, 0.15) is 0 Å². The third kappa shape index (κ3) is 4.95. The van der Waals surface area contributed by atoms with E-state index in [1.165, 1.54) is 7.11 Å². The standard InChI is InChI=1S/C23H28N2O4/c1-24-13-14-25(19(16-24)17-7-5-4-6-8-17)23(27)12-10-20(26)18-9-11-21(28-2)22(15-18)29-3/h4-9,11,15,19H,10,12-14,16H2,1-3H3/t19-/m1/s1. The second-order valence-electron chi connectivity index (χ2n) is 7.27. The highest BCUT2D eigenvalue weighted by molar-refractivity contribution is 5.98. The molecule has 1 aliphatic heterocycles. The van der Waals surface area contributed by atoms with Crippen molar-refractivity contribution in [2.24, 2.45) is 0 Å². The maximum Gasteiger partial charge on any atom is 0.223 e. The van der Waals surface area contributed by atoms with Crippen molar-refractivity contribution >= 4 is 11.7 Å². The molecule has 6 nitrogen and oxygen atoms in total. The summed E-state index contributed by atoms with van der Waals surface area (Å²) in [5, 5.41) is 0. The fraction of sp³-hybridized carbons (Fsp3) is 0.391. The highest BCUT2D eigenvalue weighted by Gasteiger charge is 2.30. The number of hydrogen-bond acceptors (Lipinski definition) is 5. The lowest BCUT2D eigenvalue weighted by atomic mass is 10.0. The molecule has 6 heteroatoms. The first-order chi connectivity index (χ1) is 14.0. The lowest BCUT2D eigenvalue weighted by Gasteiger charge is -2.40. The first-order valence-corrected chi connectivity index (χ1v) is 9.81. The highest BCUT2D eigenvalue weighted by Crippen LogP contribution is 2.29. The van der Waals surface area contributed by atoms with Gasteiger partial charge in [0.05, 0.1) is 20.3 Å². The lowest BCUT2D eigenvalue weighted by Crippen LogP contribution is -2.49. The van der Waals surface area contributed by atoms with Crippen LogP contribution in [0, 0.1) is 0 Å². The van der Waals surface area contributed by atoms with Crippen molar-refractivity contribution in [2.45, 2.75) is 18.9 Å². The molecule has 1 heterocycles. The zero-order valence-corrected chi connectivity index (χ0v) is 17.3. The zero-order chi connectivity index (χ0) is 20.8. The topological polar surface area (TPSA) is 59.1 Å². The zero-order valence-electron chi connectivity index (χ0n) is 17.3. The second-order valence-corrected chi connectivity index (χ2v) is 7.27. The number of piperazine rings is 1. The molecule has 1 saturated heterocycles. The van der Waals surface area contributed by atoms with Crippen molar-refractivity contribution in [1.29, 1.82) is 0 Å². The van der Waals surface area contributed by atoms with Crippen LogP contribution in [0.4, 0.5) is 0 Å². The van der Waals surface area contributed by atoms with Crippen LogP contribution in [0.25, 0.3) is 0 Å². The highest BCUT2D eigenvalue weighted by atomic mass is 16.5. The minimum absolute atomic E-state index is 0.0126. The van der Waals surface area contributed by atoms with E-state index in [9.17, 15) is 9.59 Å². The second kappa shape index (κ2) is 9.56. The Morgan fingerprint density at radius 1 is 0.966 bits per heavy atom. The van der Waals surface area contributed by atoms with Gasteiger partial charge >= 0.3 is 0 Å². The van der Waals surface area contributed by atoms with Crippen LogP contribution in [0.5, 0.6) is 11.5 Å². The number of methoxy groups -OCH3 is 2. The predicted molar refractivity (Wildman–Crippen MR) is 112 cm³/mol. The molecule has 0 saturated carbocycles. The quantitative estimate of drug-likeness (QED) is 0.673. The Kier molecular flexibility index (Phi) is 6.88. The van der Waals surface area contributed by atoms with Gasteiger partial charge in [0.2, 0.25) is 5.91 Å². The van der Waals surface area contributed by atoms with Crippen LogP contribution < -0.4 is 9.47 Å². The fourth-order valence-electron chi connectivity index (χ4n) is 3.70. The summed E-state index contributed by atoms with van der Waals surface area (Å²) < 4.78 is 10.5. The van der Waals surface area contributed by atoms with Gasteiger partial charge in [-0.25, -0.2) is 0 Å². The number of nitrogens with zero attached hydrogens (tertiary/aromatic N) is 2. The van der Waals surface area contributed by atoms with E-state index in [1.807, 2.05) is 23.1 Å². The van der Waals surface area contributed by atoms with Crippen molar-refractivity contribution in [1.82, 2.24) is 9.80 Å². The normalized spacial score (nSPS) is 17.1. The molecule has 0 spiro atoms. The first-order valence-electron chi connectivity index (χ1n) is 9.81. The molecule has 0 bridgehead atoms. The summed E-state index contributed by atoms with van der Waals surface area (Å²) in [4.78, 5) is 29.7. The molecular weight excluding hydrogens is 368 g/mol. The number of carbonyl (C=O) groups excluding carboxylic acids is 2. The number of benzene rings is 2. The van der Waals surface area contributed by atoms with Gasteiger partial charge in [0, 0.05) is 38.0 Å². The molecule has 0 aliphatic carbocycles. The van der Waals surface area contributed by atoms with E-state index in [0.29, 0.717) is 23.6 Å². The number of likely N-dealkylation sites (N-methyl/N-ethyl adjacent to an activating group) is 1. The molecule has 29 heavy (non-hydrogen) atoms. The van der Waals surface area contributed by atoms with E-state index in [4.69, 9.17) is 9.47 Å². The van der Waals surface area contributed by atoms with Crippen LogP contribution in [0.2, 0.25) is 0 Å². The molecular formula is C23H28N2O4. The molecule has 0 aromatic heterocycles. The summed E-state index contributed by atoms with van der Waals surface area (Å²) in [6, 6.07) is 15.2. The van der Waals surface area contributed by atoms with Crippen LogP contribution in [-0.2, 0) is 4.79 Å². The van der Waals surface area contributed by atoms with Crippen LogP contribution >= 0.6 is 0 Å². The average molecular weight is 396 g/mol. The summed E-state index contributed by atoms with van der Waals surface area (Å²) in [5.74, 6) is 1.02. The number of ketones is 1. The van der Waals surface area contributed by atoms with Gasteiger partial charge in [0.25, 0.3) is 0 Å². The molecule has 3 rings (SSSR count). The monoisotopic (exact) mass is 396 g/mol. The summed E-state index contributed by atoms with van der Waals surface area (Å²) >= 11 is 0. The van der Waals surface area contributed by atoms with Gasteiger partial charge in [-0.15, -0.1) is 0 Å². The summed E-state index contributed by atoms with van der Waals surface area (Å²) in [6.07, 6.45) is 0.363. The van der Waals surface area contributed by atoms with Crippen LogP contribution in [0.3, 0.4) is 0 Å². The largest absolute Gasteiger partial charge is 0.493 e. The minimum atomic E-state index is -0.0790. The van der Waals surface area contributed by atoms with E-state index in [-0.39, 0.29) is 30.6 Å². The van der Waals surface area contributed by atoms with Gasteiger partial charge in [-0.2, -0.15) is 0 Å². The number of Topliss-reactive ketones (excluding diaryl/α,β-unsaturated/α-hetero) is 1. The molecule has 2 aromatic carbocycles. The van der Waals surface area contributed by atoms with Crippen LogP contribution in [-0.4, -0.2) is 62.4 Å². The van der Waals surface area contributed by atoms with Crippen LogP contribution in [0.15, 0.2) is 48.5 Å². The van der Waals surface area contributed by atoms with E-state index in [0.717, 1.165) is 18.7 Å². The minimum Gasteiger partial charge on any atom is -0.493 e. The van der Waals surface area contributed by atoms with Crippen molar-refractivity contribution in [3.63, 3.8) is 0 Å². The number of amides is 1. The van der Waals surface area contributed by atoms with Gasteiger partial charge in [0.15, 0.2) is 17.3 Å². The summed E-state index contributed by atoms with van der Waals surface area (Å²) in [6.45, 7) is 2.29. The average Bonchev–Trinajstić information content (AvgIpc) is 2.77.